The van der Waals surface area contributed by atoms with Crippen LogP contribution < -0.4 is 4.74 Å². The number of pyridine rings is 1. The molecular formula is C24H27N3O2. The molecule has 5 heteroatoms. The molecule has 0 radical (unpaired) electrons. The van der Waals surface area contributed by atoms with Crippen LogP contribution in [0.5, 0.6) is 5.75 Å². The molecule has 0 bridgehead atoms. The first-order chi connectivity index (χ1) is 14.2. The Bertz CT molecular complexity index is 1050. The highest BCUT2D eigenvalue weighted by Gasteiger charge is 2.30. The van der Waals surface area contributed by atoms with Crippen molar-refractivity contribution in [1.82, 2.24) is 14.8 Å². The molecule has 3 aromatic rings. The Morgan fingerprint density at radius 1 is 1.10 bits per heavy atom. The number of benzene rings is 2. The highest BCUT2D eigenvalue weighted by Crippen LogP contribution is 2.29. The maximum atomic E-state index is 12.6. The molecule has 29 heavy (non-hydrogen) atoms. The summed E-state index contributed by atoms with van der Waals surface area (Å²) in [5.74, 6) is 1.09. The lowest BCUT2D eigenvalue weighted by Gasteiger charge is -2.24. The zero-order valence-electron chi connectivity index (χ0n) is 16.9. The summed E-state index contributed by atoms with van der Waals surface area (Å²) in [6, 6.07) is 16.8. The SMILES string of the molecule is C[C@@H]1CCCN1C(=O)CN1CC[C@H](Oc2cccc3cc4ccccc4nc23)C1. The molecule has 3 heterocycles. The summed E-state index contributed by atoms with van der Waals surface area (Å²) in [5, 5.41) is 2.23. The van der Waals surface area contributed by atoms with Crippen molar-refractivity contribution in [1.29, 1.82) is 0 Å². The van der Waals surface area contributed by atoms with Gasteiger partial charge in [-0.05, 0) is 44.4 Å². The second kappa shape index (κ2) is 7.64. The molecule has 2 aliphatic heterocycles. The van der Waals surface area contributed by atoms with E-state index in [9.17, 15) is 4.79 Å². The van der Waals surface area contributed by atoms with Gasteiger partial charge < -0.3 is 9.64 Å². The number of aromatic nitrogens is 1. The Morgan fingerprint density at radius 3 is 2.83 bits per heavy atom. The average Bonchev–Trinajstić information content (AvgIpc) is 3.35. The van der Waals surface area contributed by atoms with Gasteiger partial charge in [-0.25, -0.2) is 4.98 Å². The molecule has 2 saturated heterocycles. The largest absolute Gasteiger partial charge is 0.487 e. The van der Waals surface area contributed by atoms with Gasteiger partial charge in [-0.2, -0.15) is 0 Å². The van der Waals surface area contributed by atoms with E-state index in [0.717, 1.165) is 66.5 Å². The third-order valence-electron chi connectivity index (χ3n) is 6.27. The van der Waals surface area contributed by atoms with E-state index in [1.807, 2.05) is 35.2 Å². The van der Waals surface area contributed by atoms with Crippen molar-refractivity contribution in [3.05, 3.63) is 48.5 Å². The number of amides is 1. The van der Waals surface area contributed by atoms with Crippen LogP contribution in [0.4, 0.5) is 0 Å². The molecule has 5 rings (SSSR count). The lowest BCUT2D eigenvalue weighted by atomic mass is 10.1. The van der Waals surface area contributed by atoms with E-state index < -0.39 is 0 Å². The van der Waals surface area contributed by atoms with Crippen LogP contribution in [-0.2, 0) is 4.79 Å². The van der Waals surface area contributed by atoms with E-state index in [0.29, 0.717) is 12.6 Å². The molecule has 150 valence electrons. The number of hydrogen-bond acceptors (Lipinski definition) is 4. The summed E-state index contributed by atoms with van der Waals surface area (Å²) in [4.78, 5) is 21.7. The number of para-hydroxylation sites is 2. The first kappa shape index (κ1) is 18.4. The second-order valence-electron chi connectivity index (χ2n) is 8.35. The first-order valence-electron chi connectivity index (χ1n) is 10.6. The second-order valence-corrected chi connectivity index (χ2v) is 8.35. The molecule has 0 unspecified atom stereocenters. The van der Waals surface area contributed by atoms with Gasteiger partial charge in [0.05, 0.1) is 12.1 Å². The van der Waals surface area contributed by atoms with Crippen molar-refractivity contribution in [2.45, 2.75) is 38.3 Å². The number of rotatable bonds is 4. The molecule has 2 atom stereocenters. The van der Waals surface area contributed by atoms with Crippen molar-refractivity contribution < 1.29 is 9.53 Å². The average molecular weight is 389 g/mol. The predicted molar refractivity (Wildman–Crippen MR) is 115 cm³/mol. The van der Waals surface area contributed by atoms with Gasteiger partial charge >= 0.3 is 0 Å². The van der Waals surface area contributed by atoms with Gasteiger partial charge in [0.2, 0.25) is 5.91 Å². The number of likely N-dealkylation sites (tertiary alicyclic amines) is 2. The Balaban J connectivity index is 1.29. The van der Waals surface area contributed by atoms with Crippen LogP contribution in [0.2, 0.25) is 0 Å². The standard InChI is InChI=1S/C24H27N3O2/c1-17-6-5-12-27(17)23(28)16-26-13-11-20(15-26)29-22-10-4-8-19-14-18-7-2-3-9-21(18)25-24(19)22/h2-4,7-10,14,17,20H,5-6,11-13,15-16H2,1H3/t17-,20+/m1/s1. The fourth-order valence-corrected chi connectivity index (χ4v) is 4.67. The van der Waals surface area contributed by atoms with Gasteiger partial charge in [-0.1, -0.05) is 30.3 Å². The van der Waals surface area contributed by atoms with Crippen LogP contribution in [-0.4, -0.2) is 59.0 Å². The number of nitrogens with zero attached hydrogens (tertiary/aromatic N) is 3. The van der Waals surface area contributed by atoms with E-state index >= 15 is 0 Å². The molecule has 1 amide bonds. The maximum absolute atomic E-state index is 12.6. The van der Waals surface area contributed by atoms with Gasteiger partial charge in [0.25, 0.3) is 0 Å². The van der Waals surface area contributed by atoms with Gasteiger partial charge in [0.15, 0.2) is 0 Å². The number of carbonyl (C=O) groups is 1. The van der Waals surface area contributed by atoms with Crippen LogP contribution in [0.25, 0.3) is 21.8 Å². The molecular weight excluding hydrogens is 362 g/mol. The third-order valence-corrected chi connectivity index (χ3v) is 6.27. The Morgan fingerprint density at radius 2 is 1.97 bits per heavy atom. The number of carbonyl (C=O) groups excluding carboxylic acids is 1. The summed E-state index contributed by atoms with van der Waals surface area (Å²) in [6.45, 7) is 5.25. The molecule has 2 fully saturated rings. The normalized spacial score (nSPS) is 22.6. The Hall–Kier alpha value is -2.66. The first-order valence-corrected chi connectivity index (χ1v) is 10.6. The smallest absolute Gasteiger partial charge is 0.236 e. The van der Waals surface area contributed by atoms with E-state index in [1.165, 1.54) is 0 Å². The topological polar surface area (TPSA) is 45.7 Å². The number of ether oxygens (including phenoxy) is 1. The fraction of sp³-hybridized carbons (Fsp3) is 0.417. The highest BCUT2D eigenvalue weighted by molar-refractivity contribution is 5.95. The summed E-state index contributed by atoms with van der Waals surface area (Å²) < 4.78 is 6.37. The number of hydrogen-bond donors (Lipinski definition) is 0. The molecule has 1 aromatic heterocycles. The van der Waals surface area contributed by atoms with Crippen molar-refractivity contribution in [2.24, 2.45) is 0 Å². The monoisotopic (exact) mass is 389 g/mol. The van der Waals surface area contributed by atoms with Crippen molar-refractivity contribution >= 4 is 27.7 Å². The Labute approximate surface area is 171 Å². The minimum atomic E-state index is 0.0951. The van der Waals surface area contributed by atoms with Crippen molar-refractivity contribution in [3.8, 4) is 5.75 Å². The molecule has 2 aromatic carbocycles. The summed E-state index contributed by atoms with van der Waals surface area (Å²) >= 11 is 0. The van der Waals surface area contributed by atoms with Gasteiger partial charge in [-0.3, -0.25) is 9.69 Å². The quantitative estimate of drug-likeness (QED) is 0.636. The van der Waals surface area contributed by atoms with Crippen LogP contribution >= 0.6 is 0 Å². The highest BCUT2D eigenvalue weighted by atomic mass is 16.5. The molecule has 5 nitrogen and oxygen atoms in total. The summed E-state index contributed by atoms with van der Waals surface area (Å²) in [5.41, 5.74) is 1.89. The zero-order chi connectivity index (χ0) is 19.8. The predicted octanol–water partition coefficient (Wildman–Crippen LogP) is 3.85. The lowest BCUT2D eigenvalue weighted by molar-refractivity contribution is -0.132. The van der Waals surface area contributed by atoms with E-state index in [-0.39, 0.29) is 12.0 Å². The number of fused-ring (bicyclic) bond motifs is 2. The summed E-state index contributed by atoms with van der Waals surface area (Å²) in [7, 11) is 0. The van der Waals surface area contributed by atoms with Crippen molar-refractivity contribution in [3.63, 3.8) is 0 Å². The van der Waals surface area contributed by atoms with E-state index in [2.05, 4.69) is 30.0 Å². The molecule has 0 spiro atoms. The maximum Gasteiger partial charge on any atom is 0.236 e. The van der Waals surface area contributed by atoms with E-state index in [4.69, 9.17) is 9.72 Å². The van der Waals surface area contributed by atoms with Crippen LogP contribution in [0, 0.1) is 0 Å². The van der Waals surface area contributed by atoms with Gasteiger partial charge in [0.1, 0.15) is 17.4 Å². The van der Waals surface area contributed by atoms with Crippen LogP contribution in [0.3, 0.4) is 0 Å². The van der Waals surface area contributed by atoms with Crippen LogP contribution in [0.1, 0.15) is 26.2 Å². The fourth-order valence-electron chi connectivity index (χ4n) is 4.67. The van der Waals surface area contributed by atoms with Gasteiger partial charge in [0, 0.05) is 36.4 Å². The molecule has 2 aliphatic rings. The zero-order valence-corrected chi connectivity index (χ0v) is 16.9. The Kier molecular flexibility index (Phi) is 4.84. The van der Waals surface area contributed by atoms with Gasteiger partial charge in [-0.15, -0.1) is 0 Å². The lowest BCUT2D eigenvalue weighted by Crippen LogP contribution is -2.41. The minimum Gasteiger partial charge on any atom is -0.487 e. The third kappa shape index (κ3) is 3.67. The van der Waals surface area contributed by atoms with E-state index in [1.54, 1.807) is 0 Å². The summed E-state index contributed by atoms with van der Waals surface area (Å²) in [6.07, 6.45) is 3.28. The molecule has 0 aliphatic carbocycles. The van der Waals surface area contributed by atoms with Crippen LogP contribution in [0.15, 0.2) is 48.5 Å². The minimum absolute atomic E-state index is 0.0951. The molecule has 0 saturated carbocycles. The van der Waals surface area contributed by atoms with Crippen molar-refractivity contribution in [2.75, 3.05) is 26.2 Å². The molecule has 0 N–H and O–H groups in total.